The molecule has 0 radical (unpaired) electrons. The molecule has 2 atom stereocenters. The van der Waals surface area contributed by atoms with Gasteiger partial charge in [0.1, 0.15) is 6.10 Å². The second-order valence-electron chi connectivity index (χ2n) is 4.55. The molecule has 0 saturated carbocycles. The Morgan fingerprint density at radius 1 is 1.69 bits per heavy atom. The third-order valence-electron chi connectivity index (χ3n) is 3.21. The van der Waals surface area contributed by atoms with Crippen molar-refractivity contribution in [2.75, 3.05) is 19.7 Å². The van der Waals surface area contributed by atoms with Gasteiger partial charge in [0.05, 0.1) is 24.8 Å². The van der Waals surface area contributed by atoms with E-state index in [0.29, 0.717) is 5.92 Å². The van der Waals surface area contributed by atoms with Gasteiger partial charge in [0.25, 0.3) is 0 Å². The van der Waals surface area contributed by atoms with Crippen LogP contribution in [-0.2, 0) is 11.3 Å². The molecule has 90 valence electrons. The molecule has 1 aromatic rings. The van der Waals surface area contributed by atoms with E-state index in [1.54, 1.807) is 0 Å². The van der Waals surface area contributed by atoms with E-state index < -0.39 is 0 Å². The van der Waals surface area contributed by atoms with Gasteiger partial charge in [-0.15, -0.1) is 0 Å². The first-order valence-electron chi connectivity index (χ1n) is 6.13. The number of aromatic nitrogens is 2. The minimum atomic E-state index is 0.167. The molecular formula is C12H21N3O. The molecule has 0 spiro atoms. The van der Waals surface area contributed by atoms with Gasteiger partial charge < -0.3 is 14.6 Å². The number of morpholine rings is 1. The minimum absolute atomic E-state index is 0.167. The summed E-state index contributed by atoms with van der Waals surface area (Å²) >= 11 is 0. The Morgan fingerprint density at radius 2 is 2.56 bits per heavy atom. The van der Waals surface area contributed by atoms with Crippen LogP contribution in [0.1, 0.15) is 32.1 Å². The molecule has 0 bridgehead atoms. The van der Waals surface area contributed by atoms with E-state index in [0.717, 1.165) is 26.2 Å². The van der Waals surface area contributed by atoms with Crippen molar-refractivity contribution in [3.05, 3.63) is 18.2 Å². The van der Waals surface area contributed by atoms with Gasteiger partial charge in [-0.1, -0.05) is 20.3 Å². The largest absolute Gasteiger partial charge is 0.369 e. The Morgan fingerprint density at radius 3 is 3.25 bits per heavy atom. The summed E-state index contributed by atoms with van der Waals surface area (Å²) in [6.45, 7) is 8.16. The van der Waals surface area contributed by atoms with Crippen LogP contribution in [0.3, 0.4) is 0 Å². The van der Waals surface area contributed by atoms with Gasteiger partial charge in [0.2, 0.25) is 0 Å². The van der Waals surface area contributed by atoms with Crippen LogP contribution in [0.25, 0.3) is 0 Å². The van der Waals surface area contributed by atoms with Crippen LogP contribution in [0, 0.1) is 5.92 Å². The number of imidazole rings is 1. The highest BCUT2D eigenvalue weighted by atomic mass is 16.5. The summed E-state index contributed by atoms with van der Waals surface area (Å²) in [5, 5.41) is 3.35. The molecule has 16 heavy (non-hydrogen) atoms. The van der Waals surface area contributed by atoms with Crippen LogP contribution in [0.15, 0.2) is 12.5 Å². The lowest BCUT2D eigenvalue weighted by molar-refractivity contribution is 0.0224. The number of nitrogens with zero attached hydrogens (tertiary/aromatic N) is 2. The van der Waals surface area contributed by atoms with Crippen molar-refractivity contribution < 1.29 is 4.74 Å². The van der Waals surface area contributed by atoms with Gasteiger partial charge in [0, 0.05) is 19.6 Å². The summed E-state index contributed by atoms with van der Waals surface area (Å²) < 4.78 is 7.98. The van der Waals surface area contributed by atoms with Gasteiger partial charge in [-0.05, 0) is 5.92 Å². The third kappa shape index (κ3) is 2.62. The summed E-state index contributed by atoms with van der Waals surface area (Å²) in [6, 6.07) is 0. The van der Waals surface area contributed by atoms with Gasteiger partial charge >= 0.3 is 0 Å². The fourth-order valence-corrected chi connectivity index (χ4v) is 1.97. The highest BCUT2D eigenvalue weighted by molar-refractivity contribution is 5.04. The summed E-state index contributed by atoms with van der Waals surface area (Å²) in [7, 11) is 0. The van der Waals surface area contributed by atoms with Crippen LogP contribution in [0.2, 0.25) is 0 Å². The van der Waals surface area contributed by atoms with Crippen LogP contribution < -0.4 is 5.32 Å². The van der Waals surface area contributed by atoms with Crippen molar-refractivity contribution in [2.24, 2.45) is 5.92 Å². The summed E-state index contributed by atoms with van der Waals surface area (Å²) in [5.41, 5.74) is 1.20. The van der Waals surface area contributed by atoms with E-state index in [9.17, 15) is 0 Å². The number of hydrogen-bond acceptors (Lipinski definition) is 3. The highest BCUT2D eigenvalue weighted by Crippen LogP contribution is 2.19. The lowest BCUT2D eigenvalue weighted by Crippen LogP contribution is -2.34. The number of rotatable bonds is 4. The van der Waals surface area contributed by atoms with Gasteiger partial charge in [-0.3, -0.25) is 0 Å². The smallest absolute Gasteiger partial charge is 0.111 e. The Balaban J connectivity index is 2.05. The average Bonchev–Trinajstić information content (AvgIpc) is 2.78. The molecule has 4 nitrogen and oxygen atoms in total. The molecule has 0 aromatic carbocycles. The number of ether oxygens (including phenoxy) is 1. The summed E-state index contributed by atoms with van der Waals surface area (Å²) in [6.07, 6.45) is 5.21. The molecular weight excluding hydrogens is 202 g/mol. The van der Waals surface area contributed by atoms with Crippen molar-refractivity contribution in [2.45, 2.75) is 32.9 Å². The topological polar surface area (TPSA) is 39.1 Å². The van der Waals surface area contributed by atoms with Crippen molar-refractivity contribution in [1.29, 1.82) is 0 Å². The molecule has 0 amide bonds. The molecule has 1 N–H and O–H groups in total. The molecule has 1 aliphatic rings. The molecule has 1 aromatic heterocycles. The zero-order valence-corrected chi connectivity index (χ0v) is 10.1. The van der Waals surface area contributed by atoms with Crippen LogP contribution in [-0.4, -0.2) is 29.2 Å². The Kier molecular flexibility index (Phi) is 3.96. The van der Waals surface area contributed by atoms with Gasteiger partial charge in [0.15, 0.2) is 0 Å². The predicted octanol–water partition coefficient (Wildman–Crippen LogP) is 1.59. The standard InChI is InChI=1S/C12H21N3O/c1-3-10(2)8-15-9-14-6-11(15)12-7-13-4-5-16-12/h6,9-10,12-13H,3-5,7-8H2,1-2H3. The molecule has 1 fully saturated rings. The maximum absolute atomic E-state index is 5.75. The second-order valence-corrected chi connectivity index (χ2v) is 4.55. The van der Waals surface area contributed by atoms with Gasteiger partial charge in [-0.2, -0.15) is 0 Å². The predicted molar refractivity (Wildman–Crippen MR) is 63.2 cm³/mol. The zero-order valence-electron chi connectivity index (χ0n) is 10.1. The van der Waals surface area contributed by atoms with E-state index in [4.69, 9.17) is 4.74 Å². The van der Waals surface area contributed by atoms with Crippen molar-refractivity contribution >= 4 is 0 Å². The highest BCUT2D eigenvalue weighted by Gasteiger charge is 2.19. The molecule has 4 heteroatoms. The van der Waals surface area contributed by atoms with Crippen LogP contribution in [0.5, 0.6) is 0 Å². The van der Waals surface area contributed by atoms with Crippen LogP contribution >= 0.6 is 0 Å². The Bertz CT molecular complexity index is 318. The number of hydrogen-bond donors (Lipinski definition) is 1. The van der Waals surface area contributed by atoms with E-state index >= 15 is 0 Å². The maximum Gasteiger partial charge on any atom is 0.111 e. The van der Waals surface area contributed by atoms with E-state index in [2.05, 4.69) is 28.7 Å². The fourth-order valence-electron chi connectivity index (χ4n) is 1.97. The monoisotopic (exact) mass is 223 g/mol. The Labute approximate surface area is 97.0 Å². The van der Waals surface area contributed by atoms with E-state index in [1.165, 1.54) is 12.1 Å². The molecule has 2 heterocycles. The molecule has 1 aliphatic heterocycles. The van der Waals surface area contributed by atoms with Gasteiger partial charge in [-0.25, -0.2) is 4.98 Å². The van der Waals surface area contributed by atoms with Crippen molar-refractivity contribution in [3.63, 3.8) is 0 Å². The number of nitrogens with one attached hydrogen (secondary N) is 1. The fraction of sp³-hybridized carbons (Fsp3) is 0.750. The first-order valence-corrected chi connectivity index (χ1v) is 6.13. The quantitative estimate of drug-likeness (QED) is 0.842. The Hall–Kier alpha value is -0.870. The molecule has 2 rings (SSSR count). The first-order chi connectivity index (χ1) is 7.81. The summed E-state index contributed by atoms with van der Waals surface area (Å²) in [4.78, 5) is 4.24. The van der Waals surface area contributed by atoms with Crippen molar-refractivity contribution in [1.82, 2.24) is 14.9 Å². The molecule has 2 unspecified atom stereocenters. The minimum Gasteiger partial charge on any atom is -0.369 e. The maximum atomic E-state index is 5.75. The van der Waals surface area contributed by atoms with Crippen LogP contribution in [0.4, 0.5) is 0 Å². The SMILES string of the molecule is CCC(C)Cn1cncc1C1CNCCO1. The zero-order chi connectivity index (χ0) is 11.4. The van der Waals surface area contributed by atoms with E-state index in [-0.39, 0.29) is 6.10 Å². The summed E-state index contributed by atoms with van der Waals surface area (Å²) in [5.74, 6) is 0.685. The lowest BCUT2D eigenvalue weighted by Gasteiger charge is -2.25. The normalized spacial score (nSPS) is 23.2. The lowest BCUT2D eigenvalue weighted by atomic mass is 10.1. The van der Waals surface area contributed by atoms with Crippen molar-refractivity contribution in [3.8, 4) is 0 Å². The first kappa shape index (κ1) is 11.6. The third-order valence-corrected chi connectivity index (χ3v) is 3.21. The molecule has 1 saturated heterocycles. The van der Waals surface area contributed by atoms with E-state index in [1.807, 2.05) is 12.5 Å². The average molecular weight is 223 g/mol. The second kappa shape index (κ2) is 5.46. The molecule has 0 aliphatic carbocycles.